The first kappa shape index (κ1) is 14.8. The number of imidazole rings is 1. The number of piperidine rings is 1. The van der Waals surface area contributed by atoms with E-state index < -0.39 is 0 Å². The number of aryl methyl sites for hydroxylation is 1. The average molecular weight is 297 g/mol. The zero-order chi connectivity index (χ0) is 15.5. The molecule has 0 aliphatic carbocycles. The average Bonchev–Trinajstić information content (AvgIpc) is 3.04. The van der Waals surface area contributed by atoms with E-state index in [1.807, 2.05) is 18.0 Å². The Bertz CT molecular complexity index is 645. The maximum absolute atomic E-state index is 12.1. The van der Waals surface area contributed by atoms with Crippen LogP contribution in [0.1, 0.15) is 50.0 Å². The minimum Gasteiger partial charge on any atom is -0.340 e. The quantitative estimate of drug-likeness (QED) is 0.935. The number of hydrogen-bond donors (Lipinski definition) is 1. The van der Waals surface area contributed by atoms with Gasteiger partial charge in [-0.3, -0.25) is 4.79 Å². The fourth-order valence-electron chi connectivity index (χ4n) is 3.10. The van der Waals surface area contributed by atoms with Gasteiger partial charge in [-0.05, 0) is 31.7 Å². The molecule has 1 N–H and O–H groups in total. The normalized spacial score (nSPS) is 18.5. The van der Waals surface area contributed by atoms with Crippen molar-refractivity contribution in [2.24, 2.45) is 0 Å². The van der Waals surface area contributed by atoms with Crippen LogP contribution in [0.5, 0.6) is 0 Å². The van der Waals surface area contributed by atoms with Gasteiger partial charge in [0.1, 0.15) is 5.82 Å². The largest absolute Gasteiger partial charge is 0.340 e. The van der Waals surface area contributed by atoms with Crippen LogP contribution in [0.15, 0.2) is 30.5 Å². The number of hydrogen-bond acceptors (Lipinski definition) is 2. The summed E-state index contributed by atoms with van der Waals surface area (Å²) < 4.78 is 0. The van der Waals surface area contributed by atoms with Gasteiger partial charge >= 0.3 is 0 Å². The third kappa shape index (κ3) is 2.91. The van der Waals surface area contributed by atoms with Gasteiger partial charge in [0.15, 0.2) is 0 Å². The van der Waals surface area contributed by atoms with Crippen molar-refractivity contribution in [2.45, 2.75) is 45.6 Å². The summed E-state index contributed by atoms with van der Waals surface area (Å²) in [6, 6.07) is 8.50. The summed E-state index contributed by atoms with van der Waals surface area (Å²) in [6.45, 7) is 4.85. The molecular formula is C18H23N3O. The smallest absolute Gasteiger partial charge is 0.222 e. The van der Waals surface area contributed by atoms with Gasteiger partial charge in [-0.2, -0.15) is 0 Å². The summed E-state index contributed by atoms with van der Waals surface area (Å²) in [5.74, 6) is 1.13. The number of nitrogens with one attached hydrogen (secondary N) is 1. The van der Waals surface area contributed by atoms with Crippen molar-refractivity contribution in [3.05, 3.63) is 41.9 Å². The zero-order valence-electron chi connectivity index (χ0n) is 13.3. The van der Waals surface area contributed by atoms with Crippen molar-refractivity contribution in [1.82, 2.24) is 14.9 Å². The van der Waals surface area contributed by atoms with Crippen LogP contribution in [0, 0.1) is 6.92 Å². The van der Waals surface area contributed by atoms with E-state index in [9.17, 15) is 4.79 Å². The molecule has 1 unspecified atom stereocenters. The number of aromatic amines is 1. The molecule has 1 fully saturated rings. The van der Waals surface area contributed by atoms with Gasteiger partial charge in [0.2, 0.25) is 5.91 Å². The van der Waals surface area contributed by atoms with Crippen LogP contribution in [-0.2, 0) is 4.79 Å². The van der Waals surface area contributed by atoms with E-state index in [0.717, 1.165) is 42.9 Å². The summed E-state index contributed by atoms with van der Waals surface area (Å²) >= 11 is 0. The lowest BCUT2D eigenvalue weighted by atomic mass is 10.0. The van der Waals surface area contributed by atoms with Crippen molar-refractivity contribution in [2.75, 3.05) is 6.54 Å². The van der Waals surface area contributed by atoms with Crippen LogP contribution >= 0.6 is 0 Å². The third-order valence-corrected chi connectivity index (χ3v) is 4.40. The molecule has 2 heterocycles. The van der Waals surface area contributed by atoms with E-state index >= 15 is 0 Å². The number of carbonyl (C=O) groups excluding carboxylic acids is 1. The topological polar surface area (TPSA) is 49.0 Å². The molecule has 4 heteroatoms. The van der Waals surface area contributed by atoms with E-state index in [0.29, 0.717) is 6.42 Å². The van der Waals surface area contributed by atoms with Crippen molar-refractivity contribution in [3.8, 4) is 11.3 Å². The Hall–Kier alpha value is -2.10. The molecule has 1 aliphatic heterocycles. The summed E-state index contributed by atoms with van der Waals surface area (Å²) in [7, 11) is 0. The van der Waals surface area contributed by atoms with Gasteiger partial charge in [0.05, 0.1) is 17.9 Å². The van der Waals surface area contributed by atoms with Crippen LogP contribution in [0.3, 0.4) is 0 Å². The van der Waals surface area contributed by atoms with Crippen molar-refractivity contribution >= 4 is 5.91 Å². The summed E-state index contributed by atoms with van der Waals surface area (Å²) in [6.07, 6.45) is 5.67. The van der Waals surface area contributed by atoms with Gasteiger partial charge in [0, 0.05) is 13.0 Å². The number of aromatic nitrogens is 2. The van der Waals surface area contributed by atoms with E-state index in [1.165, 1.54) is 5.56 Å². The number of H-pyrrole nitrogens is 1. The number of rotatable bonds is 3. The van der Waals surface area contributed by atoms with Crippen molar-refractivity contribution in [3.63, 3.8) is 0 Å². The van der Waals surface area contributed by atoms with Crippen molar-refractivity contribution < 1.29 is 4.79 Å². The predicted molar refractivity (Wildman–Crippen MR) is 87.4 cm³/mol. The van der Waals surface area contributed by atoms with Crippen LogP contribution in [0.4, 0.5) is 0 Å². The first-order chi connectivity index (χ1) is 10.7. The van der Waals surface area contributed by atoms with Crippen LogP contribution in [0.25, 0.3) is 11.3 Å². The molecule has 0 bridgehead atoms. The van der Waals surface area contributed by atoms with E-state index in [4.69, 9.17) is 0 Å². The fraction of sp³-hybridized carbons (Fsp3) is 0.444. The highest BCUT2D eigenvalue weighted by Crippen LogP contribution is 2.31. The molecule has 116 valence electrons. The monoisotopic (exact) mass is 297 g/mol. The summed E-state index contributed by atoms with van der Waals surface area (Å²) in [5.41, 5.74) is 3.40. The number of carbonyl (C=O) groups is 1. The lowest BCUT2D eigenvalue weighted by molar-refractivity contribution is -0.134. The molecule has 2 aromatic rings. The molecule has 1 aromatic carbocycles. The summed E-state index contributed by atoms with van der Waals surface area (Å²) in [5, 5.41) is 0. The highest BCUT2D eigenvalue weighted by Gasteiger charge is 2.29. The van der Waals surface area contributed by atoms with Crippen LogP contribution in [-0.4, -0.2) is 27.3 Å². The molecule has 0 spiro atoms. The molecular weight excluding hydrogens is 274 g/mol. The van der Waals surface area contributed by atoms with Gasteiger partial charge in [-0.25, -0.2) is 4.98 Å². The Morgan fingerprint density at radius 3 is 2.82 bits per heavy atom. The molecule has 1 aliphatic rings. The van der Waals surface area contributed by atoms with E-state index in [1.54, 1.807) is 0 Å². The van der Waals surface area contributed by atoms with Gasteiger partial charge in [-0.15, -0.1) is 0 Å². The maximum atomic E-state index is 12.1. The second-order valence-electron chi connectivity index (χ2n) is 6.00. The molecule has 22 heavy (non-hydrogen) atoms. The number of likely N-dealkylation sites (tertiary alicyclic amines) is 1. The molecule has 1 saturated heterocycles. The standard InChI is InChI=1S/C18H23N3O/c1-3-17(22)21-11-5-4-6-16(21)18-19-12-15(20-18)14-9-7-13(2)8-10-14/h7-10,12,16H,3-6,11H2,1-2H3,(H,19,20). The Balaban J connectivity index is 1.85. The molecule has 3 rings (SSSR count). The molecule has 0 radical (unpaired) electrons. The third-order valence-electron chi connectivity index (χ3n) is 4.40. The van der Waals surface area contributed by atoms with Gasteiger partial charge in [0.25, 0.3) is 0 Å². The first-order valence-corrected chi connectivity index (χ1v) is 8.10. The van der Waals surface area contributed by atoms with Crippen LogP contribution < -0.4 is 0 Å². The fourth-order valence-corrected chi connectivity index (χ4v) is 3.10. The first-order valence-electron chi connectivity index (χ1n) is 8.10. The van der Waals surface area contributed by atoms with Gasteiger partial charge < -0.3 is 9.88 Å². The molecule has 1 aromatic heterocycles. The Morgan fingerprint density at radius 2 is 2.09 bits per heavy atom. The molecule has 4 nitrogen and oxygen atoms in total. The molecule has 1 amide bonds. The van der Waals surface area contributed by atoms with Crippen molar-refractivity contribution in [1.29, 1.82) is 0 Å². The second-order valence-corrected chi connectivity index (χ2v) is 6.00. The number of amides is 1. The molecule has 0 saturated carbocycles. The number of benzene rings is 1. The Morgan fingerprint density at radius 1 is 1.32 bits per heavy atom. The zero-order valence-corrected chi connectivity index (χ0v) is 13.3. The minimum atomic E-state index is 0.0976. The Labute approximate surface area is 131 Å². The molecule has 1 atom stereocenters. The SMILES string of the molecule is CCC(=O)N1CCCCC1c1ncc(-c2ccc(C)cc2)[nH]1. The lowest BCUT2D eigenvalue weighted by Gasteiger charge is -2.34. The highest BCUT2D eigenvalue weighted by atomic mass is 16.2. The highest BCUT2D eigenvalue weighted by molar-refractivity contribution is 5.76. The maximum Gasteiger partial charge on any atom is 0.222 e. The second kappa shape index (κ2) is 6.34. The van der Waals surface area contributed by atoms with Crippen LogP contribution in [0.2, 0.25) is 0 Å². The Kier molecular flexibility index (Phi) is 4.27. The predicted octanol–water partition coefficient (Wildman–Crippen LogP) is 3.85. The number of nitrogens with zero attached hydrogens (tertiary/aromatic N) is 2. The van der Waals surface area contributed by atoms with E-state index in [2.05, 4.69) is 41.2 Å². The summed E-state index contributed by atoms with van der Waals surface area (Å²) in [4.78, 5) is 22.1. The minimum absolute atomic E-state index is 0.0976. The van der Waals surface area contributed by atoms with Gasteiger partial charge in [-0.1, -0.05) is 36.8 Å². The van der Waals surface area contributed by atoms with E-state index in [-0.39, 0.29) is 11.9 Å². The lowest BCUT2D eigenvalue weighted by Crippen LogP contribution is -2.38.